The molecule has 1 amide bonds. The van der Waals surface area contributed by atoms with Crippen LogP contribution in [0.15, 0.2) is 42.5 Å². The Balaban J connectivity index is 2.34. The van der Waals surface area contributed by atoms with Crippen molar-refractivity contribution in [1.82, 2.24) is 5.32 Å². The molecular weight excluding hydrogens is 481 g/mol. The molecule has 0 heterocycles. The van der Waals surface area contributed by atoms with E-state index in [-0.39, 0.29) is 10.9 Å². The molecule has 0 aliphatic carbocycles. The number of hydrogen-bond acceptors (Lipinski definition) is 4. The van der Waals surface area contributed by atoms with E-state index in [1.807, 2.05) is 13.8 Å². The highest BCUT2D eigenvalue weighted by molar-refractivity contribution is 7.92. The Morgan fingerprint density at radius 2 is 1.76 bits per heavy atom. The lowest BCUT2D eigenvalue weighted by Crippen LogP contribution is -2.42. The minimum Gasteiger partial charge on any atom is -0.497 e. The first-order valence-corrected chi connectivity index (χ1v) is 12.2. The van der Waals surface area contributed by atoms with Crippen molar-refractivity contribution in [3.05, 3.63) is 58.6 Å². The number of ether oxygens (including phenoxy) is 1. The Morgan fingerprint density at radius 1 is 1.15 bits per heavy atom. The van der Waals surface area contributed by atoms with Gasteiger partial charge in [-0.05, 0) is 48.2 Å². The summed E-state index contributed by atoms with van der Waals surface area (Å²) in [5.74, 6) is 0.146. The largest absolute Gasteiger partial charge is 0.497 e. The molecule has 2 aromatic carbocycles. The van der Waals surface area contributed by atoms with E-state index in [2.05, 4.69) is 5.32 Å². The predicted molar refractivity (Wildman–Crippen MR) is 122 cm³/mol. The lowest BCUT2D eigenvalue weighted by Gasteiger charge is -2.26. The van der Waals surface area contributed by atoms with Crippen LogP contribution in [0.1, 0.15) is 37.4 Å². The van der Waals surface area contributed by atoms with E-state index in [0.717, 1.165) is 24.0 Å². The lowest BCUT2D eigenvalue weighted by atomic mass is 9.97. The van der Waals surface area contributed by atoms with E-state index in [1.165, 1.54) is 7.11 Å². The molecule has 0 saturated carbocycles. The van der Waals surface area contributed by atoms with Crippen LogP contribution in [0.2, 0.25) is 5.02 Å². The average molecular weight is 507 g/mol. The van der Waals surface area contributed by atoms with Crippen molar-refractivity contribution in [1.29, 1.82) is 0 Å². The minimum absolute atomic E-state index is 0.196. The maximum atomic E-state index is 13.2. The quantitative estimate of drug-likeness (QED) is 0.517. The first-order valence-electron chi connectivity index (χ1n) is 10.00. The van der Waals surface area contributed by atoms with E-state index < -0.39 is 45.9 Å². The van der Waals surface area contributed by atoms with Crippen molar-refractivity contribution < 1.29 is 31.1 Å². The van der Waals surface area contributed by atoms with Crippen LogP contribution in [-0.4, -0.2) is 34.2 Å². The maximum absolute atomic E-state index is 13.2. The Labute approximate surface area is 196 Å². The Kier molecular flexibility index (Phi) is 8.64. The highest BCUT2D eigenvalue weighted by Crippen LogP contribution is 2.36. The van der Waals surface area contributed by atoms with Gasteiger partial charge >= 0.3 is 6.18 Å². The van der Waals surface area contributed by atoms with Crippen LogP contribution in [0.3, 0.4) is 0 Å². The molecular formula is C22H26ClF3N2O4S. The second-order valence-electron chi connectivity index (χ2n) is 7.96. The average Bonchev–Trinajstić information content (AvgIpc) is 2.70. The molecule has 1 atom stereocenters. The second kappa shape index (κ2) is 10.6. The molecule has 33 heavy (non-hydrogen) atoms. The van der Waals surface area contributed by atoms with Crippen molar-refractivity contribution in [2.45, 2.75) is 32.5 Å². The van der Waals surface area contributed by atoms with E-state index in [9.17, 15) is 26.4 Å². The summed E-state index contributed by atoms with van der Waals surface area (Å²) >= 11 is 6.01. The second-order valence-corrected chi connectivity index (χ2v) is 10.3. The van der Waals surface area contributed by atoms with Crippen LogP contribution in [0, 0.1) is 5.92 Å². The number of halogens is 4. The highest BCUT2D eigenvalue weighted by atomic mass is 35.5. The SMILES string of the molecule is COc1ccc(C(CC(C)C)NC(=O)CN(c2cc(C(F)(F)F)ccc2Cl)S(C)(=O)=O)cc1. The van der Waals surface area contributed by atoms with Crippen LogP contribution in [0.5, 0.6) is 5.75 Å². The van der Waals surface area contributed by atoms with E-state index in [0.29, 0.717) is 22.5 Å². The summed E-state index contributed by atoms with van der Waals surface area (Å²) in [6.07, 6.45) is -3.35. The number of hydrogen-bond donors (Lipinski definition) is 1. The van der Waals surface area contributed by atoms with Gasteiger partial charge in [0.2, 0.25) is 15.9 Å². The monoisotopic (exact) mass is 506 g/mol. The predicted octanol–water partition coefficient (Wildman–Crippen LogP) is 5.04. The van der Waals surface area contributed by atoms with E-state index in [1.54, 1.807) is 24.3 Å². The van der Waals surface area contributed by atoms with E-state index in [4.69, 9.17) is 16.3 Å². The number of rotatable bonds is 9. The first-order chi connectivity index (χ1) is 15.2. The molecule has 0 aliphatic rings. The molecule has 0 aliphatic heterocycles. The van der Waals surface area contributed by atoms with Gasteiger partial charge in [0.15, 0.2) is 0 Å². The van der Waals surface area contributed by atoms with Crippen molar-refractivity contribution in [3.8, 4) is 5.75 Å². The fourth-order valence-electron chi connectivity index (χ4n) is 3.22. The standard InChI is InChI=1S/C22H26ClF3N2O4S/c1-14(2)11-19(15-5-8-17(32-3)9-6-15)27-21(29)13-28(33(4,30)31)20-12-16(22(24,25)26)7-10-18(20)23/h5-10,12,14,19H,11,13H2,1-4H3,(H,27,29). The fraction of sp³-hybridized carbons (Fsp3) is 0.409. The number of carbonyl (C=O) groups excluding carboxylic acids is 1. The summed E-state index contributed by atoms with van der Waals surface area (Å²) in [7, 11) is -2.60. The zero-order valence-electron chi connectivity index (χ0n) is 18.6. The topological polar surface area (TPSA) is 75.7 Å². The smallest absolute Gasteiger partial charge is 0.416 e. The van der Waals surface area contributed by atoms with Gasteiger partial charge in [-0.3, -0.25) is 9.10 Å². The summed E-state index contributed by atoms with van der Waals surface area (Å²) < 4.78 is 69.9. The molecule has 182 valence electrons. The molecule has 0 saturated heterocycles. The van der Waals surface area contributed by atoms with Crippen LogP contribution >= 0.6 is 11.6 Å². The molecule has 11 heteroatoms. The number of amides is 1. The Morgan fingerprint density at radius 3 is 2.24 bits per heavy atom. The molecule has 0 bridgehead atoms. The zero-order chi connectivity index (χ0) is 25.0. The van der Waals surface area contributed by atoms with Crippen LogP contribution in [-0.2, 0) is 21.0 Å². The Bertz CT molecular complexity index is 1070. The Hall–Kier alpha value is -2.46. The van der Waals surface area contributed by atoms with Crippen LogP contribution in [0.4, 0.5) is 18.9 Å². The molecule has 1 N–H and O–H groups in total. The van der Waals surface area contributed by atoms with Gasteiger partial charge in [0.1, 0.15) is 12.3 Å². The zero-order valence-corrected chi connectivity index (χ0v) is 20.2. The summed E-state index contributed by atoms with van der Waals surface area (Å²) in [5, 5.41) is 2.56. The third kappa shape index (κ3) is 7.53. The molecule has 2 rings (SSSR count). The summed E-state index contributed by atoms with van der Waals surface area (Å²) in [5.41, 5.74) is -0.721. The normalized spacial score (nSPS) is 13.0. The number of carbonyl (C=O) groups is 1. The van der Waals surface area contributed by atoms with Gasteiger partial charge in [0.05, 0.1) is 35.7 Å². The van der Waals surface area contributed by atoms with Crippen LogP contribution < -0.4 is 14.4 Å². The number of nitrogens with one attached hydrogen (secondary N) is 1. The minimum atomic E-state index is -4.71. The maximum Gasteiger partial charge on any atom is 0.416 e. The molecule has 0 aromatic heterocycles. The molecule has 0 radical (unpaired) electrons. The molecule has 0 spiro atoms. The van der Waals surface area contributed by atoms with Gasteiger partial charge < -0.3 is 10.1 Å². The summed E-state index contributed by atoms with van der Waals surface area (Å²) in [4.78, 5) is 12.8. The number of sulfonamides is 1. The van der Waals surface area contributed by atoms with Gasteiger partial charge in [0.25, 0.3) is 0 Å². The number of alkyl halides is 3. The third-order valence-corrected chi connectivity index (χ3v) is 6.24. The molecule has 6 nitrogen and oxygen atoms in total. The van der Waals surface area contributed by atoms with Gasteiger partial charge in [-0.2, -0.15) is 13.2 Å². The number of benzene rings is 2. The lowest BCUT2D eigenvalue weighted by molar-refractivity contribution is -0.137. The highest BCUT2D eigenvalue weighted by Gasteiger charge is 2.33. The van der Waals surface area contributed by atoms with Gasteiger partial charge in [-0.15, -0.1) is 0 Å². The van der Waals surface area contributed by atoms with Crippen molar-refractivity contribution in [2.75, 3.05) is 24.2 Å². The number of nitrogens with zero attached hydrogens (tertiary/aromatic N) is 1. The van der Waals surface area contributed by atoms with Gasteiger partial charge in [-0.1, -0.05) is 37.6 Å². The molecule has 2 aromatic rings. The van der Waals surface area contributed by atoms with Crippen molar-refractivity contribution in [2.24, 2.45) is 5.92 Å². The summed E-state index contributed by atoms with van der Waals surface area (Å²) in [6.45, 7) is 3.20. The molecule has 0 fully saturated rings. The third-order valence-electron chi connectivity index (χ3n) is 4.79. The number of methoxy groups -OCH3 is 1. The fourth-order valence-corrected chi connectivity index (χ4v) is 4.35. The first kappa shape index (κ1) is 26.8. The summed E-state index contributed by atoms with van der Waals surface area (Å²) in [6, 6.07) is 8.91. The van der Waals surface area contributed by atoms with Crippen molar-refractivity contribution in [3.63, 3.8) is 0 Å². The van der Waals surface area contributed by atoms with Crippen LogP contribution in [0.25, 0.3) is 0 Å². The van der Waals surface area contributed by atoms with Gasteiger partial charge in [0, 0.05) is 0 Å². The van der Waals surface area contributed by atoms with Gasteiger partial charge in [-0.25, -0.2) is 8.42 Å². The van der Waals surface area contributed by atoms with Crippen molar-refractivity contribution >= 4 is 33.2 Å². The number of anilines is 1. The molecule has 1 unspecified atom stereocenters. The van der Waals surface area contributed by atoms with E-state index >= 15 is 0 Å².